The molecule has 1 N–H and O–H groups in total. The van der Waals surface area contributed by atoms with Gasteiger partial charge in [0.25, 0.3) is 11.5 Å². The smallest absolute Gasteiger partial charge is 0.335 e. The van der Waals surface area contributed by atoms with E-state index >= 15 is 0 Å². The van der Waals surface area contributed by atoms with Crippen LogP contribution in [0.1, 0.15) is 21.6 Å². The molecule has 2 aromatic carbocycles. The van der Waals surface area contributed by atoms with Crippen molar-refractivity contribution >= 4 is 22.7 Å². The fraction of sp³-hybridized carbons (Fsp3) is 0.143. The molecule has 0 aliphatic rings. The summed E-state index contributed by atoms with van der Waals surface area (Å²) in [4.78, 5) is 38.5. The van der Waals surface area contributed by atoms with E-state index in [1.165, 1.54) is 16.7 Å². The molecule has 146 valence electrons. The van der Waals surface area contributed by atoms with E-state index in [0.29, 0.717) is 22.3 Å². The van der Waals surface area contributed by atoms with Gasteiger partial charge in [0.2, 0.25) is 5.88 Å². The first kappa shape index (κ1) is 18.4. The number of amides is 1. The van der Waals surface area contributed by atoms with Crippen molar-refractivity contribution in [3.05, 3.63) is 86.2 Å². The first-order valence-electron chi connectivity index (χ1n) is 8.93. The lowest BCUT2D eigenvalue weighted by molar-refractivity contribution is 0.102. The molecule has 0 radical (unpaired) electrons. The molecule has 0 aliphatic heterocycles. The average molecular weight is 390 g/mol. The number of carbonyl (C=O) groups is 1. The maximum Gasteiger partial charge on any atom is 0.335 e. The number of aryl methyl sites for hydroxylation is 3. The molecule has 0 unspecified atom stereocenters. The van der Waals surface area contributed by atoms with Gasteiger partial charge in [-0.2, -0.15) is 0 Å². The molecule has 8 nitrogen and oxygen atoms in total. The van der Waals surface area contributed by atoms with Crippen molar-refractivity contribution in [1.29, 1.82) is 0 Å². The number of carbonyl (C=O) groups excluding carboxylic acids is 1. The third-order valence-corrected chi connectivity index (χ3v) is 4.75. The molecule has 0 atom stereocenters. The van der Waals surface area contributed by atoms with Gasteiger partial charge in [0.05, 0.1) is 22.3 Å². The SMILES string of the molecule is Cc1cc(NC(=O)c2ccc3c(=O)n(-c4ccccc4C)c(=O)n(C)c3c2)on1. The van der Waals surface area contributed by atoms with Crippen molar-refractivity contribution in [2.45, 2.75) is 13.8 Å². The number of hydrogen-bond acceptors (Lipinski definition) is 5. The van der Waals surface area contributed by atoms with Crippen LogP contribution in [0.5, 0.6) is 0 Å². The zero-order valence-corrected chi connectivity index (χ0v) is 16.1. The van der Waals surface area contributed by atoms with Crippen LogP contribution in [-0.4, -0.2) is 20.2 Å². The molecule has 4 aromatic rings. The highest BCUT2D eigenvalue weighted by molar-refractivity contribution is 6.05. The minimum Gasteiger partial charge on any atom is -0.338 e. The molecule has 0 saturated heterocycles. The third kappa shape index (κ3) is 3.14. The van der Waals surface area contributed by atoms with E-state index in [2.05, 4.69) is 10.5 Å². The van der Waals surface area contributed by atoms with E-state index < -0.39 is 17.2 Å². The van der Waals surface area contributed by atoms with E-state index in [9.17, 15) is 14.4 Å². The zero-order valence-electron chi connectivity index (χ0n) is 16.1. The lowest BCUT2D eigenvalue weighted by atomic mass is 10.1. The van der Waals surface area contributed by atoms with E-state index in [-0.39, 0.29) is 11.4 Å². The molecule has 2 aromatic heterocycles. The number of benzene rings is 2. The first-order valence-corrected chi connectivity index (χ1v) is 8.93. The number of nitrogens with one attached hydrogen (secondary N) is 1. The fourth-order valence-corrected chi connectivity index (χ4v) is 3.22. The second-order valence-corrected chi connectivity index (χ2v) is 6.79. The van der Waals surface area contributed by atoms with Crippen LogP contribution >= 0.6 is 0 Å². The highest BCUT2D eigenvalue weighted by Crippen LogP contribution is 2.16. The average Bonchev–Trinajstić information content (AvgIpc) is 3.12. The summed E-state index contributed by atoms with van der Waals surface area (Å²) < 4.78 is 7.50. The molecular weight excluding hydrogens is 372 g/mol. The Balaban J connectivity index is 1.85. The minimum absolute atomic E-state index is 0.219. The molecule has 1 amide bonds. The molecule has 0 bridgehead atoms. The molecule has 4 rings (SSSR count). The van der Waals surface area contributed by atoms with Gasteiger partial charge >= 0.3 is 5.69 Å². The zero-order chi connectivity index (χ0) is 20.7. The largest absolute Gasteiger partial charge is 0.338 e. The molecular formula is C21H18N4O4. The Morgan fingerprint density at radius 1 is 1.07 bits per heavy atom. The Morgan fingerprint density at radius 2 is 1.83 bits per heavy atom. The van der Waals surface area contributed by atoms with Crippen molar-refractivity contribution < 1.29 is 9.32 Å². The van der Waals surface area contributed by atoms with Crippen molar-refractivity contribution in [2.24, 2.45) is 7.05 Å². The number of aromatic nitrogens is 3. The van der Waals surface area contributed by atoms with Gasteiger partial charge in [0.15, 0.2) is 0 Å². The van der Waals surface area contributed by atoms with Gasteiger partial charge in [-0.1, -0.05) is 23.4 Å². The molecule has 29 heavy (non-hydrogen) atoms. The van der Waals surface area contributed by atoms with Crippen LogP contribution in [0.2, 0.25) is 0 Å². The van der Waals surface area contributed by atoms with Gasteiger partial charge in [-0.05, 0) is 43.7 Å². The van der Waals surface area contributed by atoms with Crippen molar-refractivity contribution in [1.82, 2.24) is 14.3 Å². The van der Waals surface area contributed by atoms with Gasteiger partial charge in [-0.3, -0.25) is 19.5 Å². The van der Waals surface area contributed by atoms with E-state index in [1.54, 1.807) is 38.2 Å². The highest BCUT2D eigenvalue weighted by atomic mass is 16.5. The topological polar surface area (TPSA) is 99.1 Å². The monoisotopic (exact) mass is 390 g/mol. The predicted octanol–water partition coefficient (Wildman–Crippen LogP) is 2.55. The number of anilines is 1. The van der Waals surface area contributed by atoms with Crippen molar-refractivity contribution in [3.8, 4) is 5.69 Å². The molecule has 0 aliphatic carbocycles. The quantitative estimate of drug-likeness (QED) is 0.580. The van der Waals surface area contributed by atoms with Crippen LogP contribution in [0, 0.1) is 13.8 Å². The number of rotatable bonds is 3. The van der Waals surface area contributed by atoms with Crippen LogP contribution in [0.15, 0.2) is 62.6 Å². The lowest BCUT2D eigenvalue weighted by Gasteiger charge is -2.13. The lowest BCUT2D eigenvalue weighted by Crippen LogP contribution is -2.38. The molecule has 0 saturated carbocycles. The Bertz CT molecular complexity index is 1380. The van der Waals surface area contributed by atoms with Gasteiger partial charge < -0.3 is 4.52 Å². The van der Waals surface area contributed by atoms with Crippen LogP contribution in [0.3, 0.4) is 0 Å². The van der Waals surface area contributed by atoms with Gasteiger partial charge in [0.1, 0.15) is 0 Å². The van der Waals surface area contributed by atoms with Crippen LogP contribution in [0.4, 0.5) is 5.88 Å². The van der Waals surface area contributed by atoms with E-state index in [0.717, 1.165) is 10.1 Å². The summed E-state index contributed by atoms with van der Waals surface area (Å²) in [5.41, 5.74) is 1.71. The first-order chi connectivity index (χ1) is 13.9. The summed E-state index contributed by atoms with van der Waals surface area (Å²) in [6.07, 6.45) is 0. The predicted molar refractivity (Wildman–Crippen MR) is 109 cm³/mol. The summed E-state index contributed by atoms with van der Waals surface area (Å²) in [5, 5.41) is 6.65. The summed E-state index contributed by atoms with van der Waals surface area (Å²) in [5.74, 6) is -0.213. The Labute approximate surface area is 165 Å². The van der Waals surface area contributed by atoms with E-state index in [1.807, 2.05) is 19.1 Å². The second-order valence-electron chi connectivity index (χ2n) is 6.79. The maximum atomic E-state index is 13.1. The number of para-hydroxylation sites is 1. The fourth-order valence-electron chi connectivity index (χ4n) is 3.22. The molecule has 8 heteroatoms. The summed E-state index contributed by atoms with van der Waals surface area (Å²) >= 11 is 0. The molecule has 0 spiro atoms. The Morgan fingerprint density at radius 3 is 2.52 bits per heavy atom. The number of hydrogen-bond donors (Lipinski definition) is 1. The van der Waals surface area contributed by atoms with Gasteiger partial charge in [-0.25, -0.2) is 9.36 Å². The molecule has 0 fully saturated rings. The number of nitrogens with zero attached hydrogens (tertiary/aromatic N) is 3. The van der Waals surface area contributed by atoms with Crippen molar-refractivity contribution in [2.75, 3.05) is 5.32 Å². The van der Waals surface area contributed by atoms with Crippen LogP contribution in [-0.2, 0) is 7.05 Å². The Hall–Kier alpha value is -3.94. The van der Waals surface area contributed by atoms with Crippen LogP contribution in [0.25, 0.3) is 16.6 Å². The van der Waals surface area contributed by atoms with Crippen LogP contribution < -0.4 is 16.6 Å². The summed E-state index contributed by atoms with van der Waals surface area (Å²) in [6.45, 7) is 3.58. The summed E-state index contributed by atoms with van der Waals surface area (Å²) in [6, 6.07) is 13.4. The third-order valence-electron chi connectivity index (χ3n) is 4.75. The number of fused-ring (bicyclic) bond motifs is 1. The maximum absolute atomic E-state index is 13.1. The summed E-state index contributed by atoms with van der Waals surface area (Å²) in [7, 11) is 1.57. The standard InChI is InChI=1S/C21H18N4O4/c1-12-6-4-5-7-16(12)25-20(27)15-9-8-14(11-17(15)24(3)21(25)28)19(26)22-18-10-13(2)23-29-18/h4-11H,1-3H3,(H,22,26). The minimum atomic E-state index is -0.486. The van der Waals surface area contributed by atoms with Gasteiger partial charge in [-0.15, -0.1) is 0 Å². The highest BCUT2D eigenvalue weighted by Gasteiger charge is 2.16. The normalized spacial score (nSPS) is 11.0. The van der Waals surface area contributed by atoms with Crippen molar-refractivity contribution in [3.63, 3.8) is 0 Å². The Kier molecular flexibility index (Phi) is 4.38. The van der Waals surface area contributed by atoms with Gasteiger partial charge in [0, 0.05) is 18.7 Å². The molecule has 2 heterocycles. The van der Waals surface area contributed by atoms with E-state index in [4.69, 9.17) is 4.52 Å². The second kappa shape index (κ2) is 6.90.